The van der Waals surface area contributed by atoms with Crippen molar-refractivity contribution in [3.63, 3.8) is 0 Å². The van der Waals surface area contributed by atoms with Crippen LogP contribution in [0.25, 0.3) is 0 Å². The molecule has 4 heterocycles. The number of ether oxygens (including phenoxy) is 3. The van der Waals surface area contributed by atoms with Crippen LogP contribution in [0.1, 0.15) is 35.9 Å². The van der Waals surface area contributed by atoms with Crippen LogP contribution in [0.5, 0.6) is 11.5 Å². The van der Waals surface area contributed by atoms with Gasteiger partial charge in [0, 0.05) is 19.0 Å². The highest BCUT2D eigenvalue weighted by molar-refractivity contribution is 5.67. The van der Waals surface area contributed by atoms with Gasteiger partial charge in [-0.3, -0.25) is 0 Å². The fraction of sp³-hybridized carbons (Fsp3) is 0.421. The molecule has 2 aliphatic rings. The fourth-order valence-corrected chi connectivity index (χ4v) is 3.52. The average molecular weight is 427 g/mol. The van der Waals surface area contributed by atoms with Gasteiger partial charge >= 0.3 is 12.1 Å². The first-order chi connectivity index (χ1) is 15.2. The van der Waals surface area contributed by atoms with Crippen molar-refractivity contribution in [3.8, 4) is 11.5 Å². The molecule has 1 fully saturated rings. The molecular weight excluding hydrogens is 406 g/mol. The smallest absolute Gasteiger partial charge is 0.410 e. The zero-order valence-electron chi connectivity index (χ0n) is 16.6. The molecule has 0 spiro atoms. The van der Waals surface area contributed by atoms with E-state index in [-0.39, 0.29) is 25.4 Å². The van der Waals surface area contributed by atoms with Crippen LogP contribution in [-0.2, 0) is 17.9 Å². The van der Waals surface area contributed by atoms with E-state index in [1.807, 2.05) is 18.2 Å². The number of fused-ring (bicyclic) bond motifs is 1. The second-order valence-corrected chi connectivity index (χ2v) is 7.26. The Kier molecular flexibility index (Phi) is 5.25. The molecule has 12 nitrogen and oxygen atoms in total. The standard InChI is InChI=1S/C19H21N7O5/c27-19(28-10-12-1-2-15-16(7-12)30-11-29-15)26-5-3-13(4-6-26)17-23-24-18(31-17)20-8-14-9-21-25-22-14/h1-2,7,9,13H,3-6,8,10-11H2,(H,20,24)(H,21,22,25). The number of benzene rings is 1. The van der Waals surface area contributed by atoms with E-state index in [1.165, 1.54) is 0 Å². The molecule has 1 saturated heterocycles. The summed E-state index contributed by atoms with van der Waals surface area (Å²) in [7, 11) is 0. The van der Waals surface area contributed by atoms with Crippen molar-refractivity contribution in [2.75, 3.05) is 25.2 Å². The molecule has 5 rings (SSSR count). The van der Waals surface area contributed by atoms with E-state index >= 15 is 0 Å². The molecule has 1 amide bonds. The summed E-state index contributed by atoms with van der Waals surface area (Å²) in [6.07, 6.45) is 2.73. The van der Waals surface area contributed by atoms with Crippen LogP contribution >= 0.6 is 0 Å². The Hall–Kier alpha value is -3.83. The zero-order valence-corrected chi connectivity index (χ0v) is 16.6. The molecule has 2 aliphatic heterocycles. The van der Waals surface area contributed by atoms with E-state index in [2.05, 4.69) is 30.9 Å². The molecule has 0 aliphatic carbocycles. The Labute approximate surface area is 176 Å². The van der Waals surface area contributed by atoms with E-state index in [0.717, 1.165) is 24.1 Å². The molecule has 12 heteroatoms. The normalized spacial score (nSPS) is 15.8. The first-order valence-corrected chi connectivity index (χ1v) is 9.97. The van der Waals surface area contributed by atoms with Crippen molar-refractivity contribution < 1.29 is 23.4 Å². The highest BCUT2D eigenvalue weighted by atomic mass is 16.7. The van der Waals surface area contributed by atoms with E-state index < -0.39 is 0 Å². The van der Waals surface area contributed by atoms with Gasteiger partial charge in [-0.15, -0.1) is 5.10 Å². The number of carbonyl (C=O) groups is 1. The summed E-state index contributed by atoms with van der Waals surface area (Å²) in [4.78, 5) is 14.1. The third-order valence-electron chi connectivity index (χ3n) is 5.23. The number of hydrogen-bond donors (Lipinski definition) is 2. The lowest BCUT2D eigenvalue weighted by Gasteiger charge is -2.29. The number of rotatable bonds is 6. The molecular formula is C19H21N7O5. The van der Waals surface area contributed by atoms with Gasteiger partial charge in [-0.1, -0.05) is 11.2 Å². The number of carbonyl (C=O) groups excluding carboxylic acids is 1. The van der Waals surface area contributed by atoms with Gasteiger partial charge in [-0.05, 0) is 30.5 Å². The Morgan fingerprint density at radius 1 is 1.23 bits per heavy atom. The van der Waals surface area contributed by atoms with E-state index in [1.54, 1.807) is 11.1 Å². The van der Waals surface area contributed by atoms with Gasteiger partial charge in [0.25, 0.3) is 0 Å². The monoisotopic (exact) mass is 427 g/mol. The van der Waals surface area contributed by atoms with Gasteiger partial charge in [0.1, 0.15) is 12.3 Å². The summed E-state index contributed by atoms with van der Waals surface area (Å²) in [6.45, 7) is 1.96. The molecule has 0 saturated carbocycles. The lowest BCUT2D eigenvalue weighted by atomic mass is 9.97. The molecule has 1 aromatic carbocycles. The second kappa shape index (κ2) is 8.50. The van der Waals surface area contributed by atoms with Crippen molar-refractivity contribution in [3.05, 3.63) is 41.5 Å². The number of piperidine rings is 1. The largest absolute Gasteiger partial charge is 0.454 e. The van der Waals surface area contributed by atoms with Crippen LogP contribution in [0.4, 0.5) is 10.8 Å². The summed E-state index contributed by atoms with van der Waals surface area (Å²) in [5.41, 5.74) is 1.59. The highest BCUT2D eigenvalue weighted by Crippen LogP contribution is 2.33. The molecule has 2 aromatic heterocycles. The van der Waals surface area contributed by atoms with Crippen molar-refractivity contribution in [1.29, 1.82) is 0 Å². The van der Waals surface area contributed by atoms with Gasteiger partial charge in [0.05, 0.1) is 12.7 Å². The van der Waals surface area contributed by atoms with E-state index in [9.17, 15) is 4.79 Å². The third kappa shape index (κ3) is 4.37. The Morgan fingerprint density at radius 2 is 2.10 bits per heavy atom. The van der Waals surface area contributed by atoms with Gasteiger partial charge in [0.15, 0.2) is 11.5 Å². The van der Waals surface area contributed by atoms with E-state index in [0.29, 0.717) is 43.0 Å². The minimum atomic E-state index is -0.336. The van der Waals surface area contributed by atoms with Crippen LogP contribution in [0.3, 0.4) is 0 Å². The topological polar surface area (TPSA) is 141 Å². The number of aromatic amines is 1. The van der Waals surface area contributed by atoms with Crippen LogP contribution in [0.2, 0.25) is 0 Å². The minimum Gasteiger partial charge on any atom is -0.454 e. The maximum Gasteiger partial charge on any atom is 0.410 e. The van der Waals surface area contributed by atoms with Crippen LogP contribution in [0.15, 0.2) is 28.8 Å². The molecule has 31 heavy (non-hydrogen) atoms. The Balaban J connectivity index is 1.08. The zero-order chi connectivity index (χ0) is 21.0. The number of aromatic nitrogens is 5. The number of nitrogens with zero attached hydrogens (tertiary/aromatic N) is 5. The maximum absolute atomic E-state index is 12.4. The van der Waals surface area contributed by atoms with E-state index in [4.69, 9.17) is 18.6 Å². The summed E-state index contributed by atoms with van der Waals surface area (Å²) in [5.74, 6) is 2.04. The number of amides is 1. The highest BCUT2D eigenvalue weighted by Gasteiger charge is 2.28. The van der Waals surface area contributed by atoms with Crippen LogP contribution < -0.4 is 14.8 Å². The van der Waals surface area contributed by atoms with Gasteiger partial charge in [-0.25, -0.2) is 4.79 Å². The number of anilines is 1. The van der Waals surface area contributed by atoms with Crippen molar-refractivity contribution in [2.24, 2.45) is 0 Å². The molecule has 0 radical (unpaired) electrons. The SMILES string of the molecule is O=C(OCc1ccc2c(c1)OCO2)N1CCC(c2nnc(NCc3cn[nH]n3)o2)CC1. The summed E-state index contributed by atoms with van der Waals surface area (Å²) >= 11 is 0. The predicted molar refractivity (Wildman–Crippen MR) is 104 cm³/mol. The Bertz CT molecular complexity index is 1030. The fourth-order valence-electron chi connectivity index (χ4n) is 3.52. The lowest BCUT2D eigenvalue weighted by Crippen LogP contribution is -2.38. The number of H-pyrrole nitrogens is 1. The van der Waals surface area contributed by atoms with Gasteiger partial charge in [0.2, 0.25) is 12.7 Å². The summed E-state index contributed by atoms with van der Waals surface area (Å²) in [6, 6.07) is 5.84. The van der Waals surface area contributed by atoms with Gasteiger partial charge in [-0.2, -0.15) is 15.4 Å². The quantitative estimate of drug-likeness (QED) is 0.600. The lowest BCUT2D eigenvalue weighted by molar-refractivity contribution is 0.0855. The molecule has 0 unspecified atom stereocenters. The van der Waals surface area contributed by atoms with Gasteiger partial charge < -0.3 is 28.8 Å². The minimum absolute atomic E-state index is 0.105. The van der Waals surface area contributed by atoms with Crippen molar-refractivity contribution in [2.45, 2.75) is 31.9 Å². The molecule has 0 atom stereocenters. The average Bonchev–Trinajstić information content (AvgIpc) is 3.57. The predicted octanol–water partition coefficient (Wildman–Crippen LogP) is 2.04. The number of hydrogen-bond acceptors (Lipinski definition) is 10. The summed E-state index contributed by atoms with van der Waals surface area (Å²) in [5, 5.41) is 21.4. The Morgan fingerprint density at radius 3 is 2.94 bits per heavy atom. The molecule has 0 bridgehead atoms. The third-order valence-corrected chi connectivity index (χ3v) is 5.23. The summed E-state index contributed by atoms with van der Waals surface area (Å²) < 4.78 is 21.8. The first-order valence-electron chi connectivity index (χ1n) is 9.97. The number of nitrogens with one attached hydrogen (secondary N) is 2. The molecule has 3 aromatic rings. The maximum atomic E-state index is 12.4. The second-order valence-electron chi connectivity index (χ2n) is 7.26. The molecule has 162 valence electrons. The van der Waals surface area contributed by atoms with Crippen molar-refractivity contribution >= 4 is 12.1 Å². The van der Waals surface area contributed by atoms with Crippen LogP contribution in [-0.4, -0.2) is 56.5 Å². The number of likely N-dealkylation sites (tertiary alicyclic amines) is 1. The van der Waals surface area contributed by atoms with Crippen molar-refractivity contribution in [1.82, 2.24) is 30.5 Å². The van der Waals surface area contributed by atoms with Crippen LogP contribution in [0, 0.1) is 0 Å². The molecule has 2 N–H and O–H groups in total. The first kappa shape index (κ1) is 19.2.